The number of aryl methyl sites for hydroxylation is 2. The fraction of sp³-hybridized carbons (Fsp3) is 0.400. The maximum atomic E-state index is 12.7. The summed E-state index contributed by atoms with van der Waals surface area (Å²) in [4.78, 5) is 37.8. The predicted octanol–water partition coefficient (Wildman–Crippen LogP) is 3.37. The molecule has 2 aromatic rings. The zero-order chi connectivity index (χ0) is 23.8. The number of hydrogen-bond acceptors (Lipinski definition) is 4. The first-order valence-corrected chi connectivity index (χ1v) is 10.8. The van der Waals surface area contributed by atoms with Gasteiger partial charge >= 0.3 is 0 Å². The van der Waals surface area contributed by atoms with Gasteiger partial charge in [0, 0.05) is 5.56 Å². The number of benzene rings is 2. The average molecular weight is 440 g/mol. The molecule has 0 heterocycles. The highest BCUT2D eigenvalue weighted by Crippen LogP contribution is 2.21. The summed E-state index contributed by atoms with van der Waals surface area (Å²) in [5.41, 5.74) is 8.16. The summed E-state index contributed by atoms with van der Waals surface area (Å²) in [6, 6.07) is 12.0. The van der Waals surface area contributed by atoms with Crippen molar-refractivity contribution in [2.75, 3.05) is 0 Å². The van der Waals surface area contributed by atoms with E-state index in [9.17, 15) is 14.4 Å². The summed E-state index contributed by atoms with van der Waals surface area (Å²) in [7, 11) is 0. The number of rotatable bonds is 8. The molecule has 0 aliphatic rings. The van der Waals surface area contributed by atoms with Gasteiger partial charge in [-0.15, -0.1) is 0 Å². The van der Waals surface area contributed by atoms with Crippen molar-refractivity contribution < 1.29 is 19.1 Å². The Hall–Kier alpha value is -3.35. The Kier molecular flexibility index (Phi) is 8.81. The van der Waals surface area contributed by atoms with Crippen LogP contribution in [0.25, 0.3) is 0 Å². The standard InChI is InChI=1S/C25H33N3O4/c1-15(2)14-21(26-24(30)20-12-8-7-10-17(20)4)25(31)28-27-23(29)19(6)32-22-13-9-11-16(3)18(22)5/h7-13,15,19,21H,14H2,1-6H3,(H,26,30)(H,27,29)(H,28,31)/t19-,21+/m1/s1. The van der Waals surface area contributed by atoms with Crippen LogP contribution in [-0.4, -0.2) is 29.9 Å². The molecule has 2 rings (SSSR count). The molecule has 0 aromatic heterocycles. The van der Waals surface area contributed by atoms with Crippen LogP contribution in [0.15, 0.2) is 42.5 Å². The van der Waals surface area contributed by atoms with Gasteiger partial charge < -0.3 is 10.1 Å². The molecule has 0 unspecified atom stereocenters. The van der Waals surface area contributed by atoms with Crippen molar-refractivity contribution in [1.82, 2.24) is 16.2 Å². The van der Waals surface area contributed by atoms with E-state index < -0.39 is 24.0 Å². The van der Waals surface area contributed by atoms with Crippen LogP contribution >= 0.6 is 0 Å². The number of carbonyl (C=O) groups excluding carboxylic acids is 3. The number of amides is 3. The predicted molar refractivity (Wildman–Crippen MR) is 124 cm³/mol. The molecule has 3 amide bonds. The maximum Gasteiger partial charge on any atom is 0.279 e. The fourth-order valence-corrected chi connectivity index (χ4v) is 3.17. The van der Waals surface area contributed by atoms with Gasteiger partial charge in [0.15, 0.2) is 6.10 Å². The first-order chi connectivity index (χ1) is 15.1. The van der Waals surface area contributed by atoms with Crippen LogP contribution in [-0.2, 0) is 9.59 Å². The summed E-state index contributed by atoms with van der Waals surface area (Å²) in [6.07, 6.45) is -0.394. The lowest BCUT2D eigenvalue weighted by molar-refractivity contribution is -0.133. The molecule has 7 nitrogen and oxygen atoms in total. The number of carbonyl (C=O) groups is 3. The molecule has 0 saturated carbocycles. The highest BCUT2D eigenvalue weighted by molar-refractivity contribution is 5.98. The molecule has 7 heteroatoms. The Bertz CT molecular complexity index is 971. The van der Waals surface area contributed by atoms with E-state index in [1.807, 2.05) is 58.9 Å². The minimum atomic E-state index is -0.819. The van der Waals surface area contributed by atoms with Crippen molar-refractivity contribution in [2.24, 2.45) is 5.92 Å². The van der Waals surface area contributed by atoms with Gasteiger partial charge in [-0.3, -0.25) is 25.2 Å². The second-order valence-electron chi connectivity index (χ2n) is 8.41. The van der Waals surface area contributed by atoms with E-state index in [1.165, 1.54) is 0 Å². The maximum absolute atomic E-state index is 12.7. The summed E-state index contributed by atoms with van der Waals surface area (Å²) in [5, 5.41) is 2.78. The summed E-state index contributed by atoms with van der Waals surface area (Å²) < 4.78 is 5.75. The normalized spacial score (nSPS) is 12.6. The van der Waals surface area contributed by atoms with Gasteiger partial charge in [-0.2, -0.15) is 0 Å². The average Bonchev–Trinajstić information content (AvgIpc) is 2.74. The van der Waals surface area contributed by atoms with Gasteiger partial charge in [-0.1, -0.05) is 44.2 Å². The monoisotopic (exact) mass is 439 g/mol. The van der Waals surface area contributed by atoms with Gasteiger partial charge in [0.05, 0.1) is 0 Å². The minimum Gasteiger partial charge on any atom is -0.481 e. The van der Waals surface area contributed by atoms with Crippen LogP contribution in [0.3, 0.4) is 0 Å². The Morgan fingerprint density at radius 1 is 0.844 bits per heavy atom. The van der Waals surface area contributed by atoms with Gasteiger partial charge in [0.25, 0.3) is 17.7 Å². The number of hydrogen-bond donors (Lipinski definition) is 3. The van der Waals surface area contributed by atoms with E-state index >= 15 is 0 Å². The van der Waals surface area contributed by atoms with Crippen LogP contribution in [0, 0.1) is 26.7 Å². The molecular formula is C25H33N3O4. The number of ether oxygens (including phenoxy) is 1. The van der Waals surface area contributed by atoms with Crippen LogP contribution in [0.2, 0.25) is 0 Å². The molecular weight excluding hydrogens is 406 g/mol. The Morgan fingerprint density at radius 3 is 2.12 bits per heavy atom. The van der Waals surface area contributed by atoms with Crippen LogP contribution in [0.5, 0.6) is 5.75 Å². The molecule has 0 spiro atoms. The van der Waals surface area contributed by atoms with Gasteiger partial charge in [-0.25, -0.2) is 0 Å². The van der Waals surface area contributed by atoms with Gasteiger partial charge in [-0.05, 0) is 68.9 Å². The lowest BCUT2D eigenvalue weighted by atomic mass is 10.0. The second-order valence-corrected chi connectivity index (χ2v) is 8.41. The zero-order valence-electron chi connectivity index (χ0n) is 19.6. The van der Waals surface area contributed by atoms with Crippen LogP contribution < -0.4 is 20.9 Å². The van der Waals surface area contributed by atoms with Crippen LogP contribution in [0.4, 0.5) is 0 Å². The first kappa shape index (κ1) is 24.9. The van der Waals surface area contributed by atoms with Crippen molar-refractivity contribution in [3.05, 3.63) is 64.7 Å². The first-order valence-electron chi connectivity index (χ1n) is 10.8. The molecule has 0 saturated heterocycles. The molecule has 0 aliphatic carbocycles. The summed E-state index contributed by atoms with van der Waals surface area (Å²) in [6.45, 7) is 11.2. The Labute approximate surface area is 189 Å². The van der Waals surface area contributed by atoms with Crippen molar-refractivity contribution in [3.8, 4) is 5.75 Å². The van der Waals surface area contributed by atoms with E-state index in [1.54, 1.807) is 25.1 Å². The topological polar surface area (TPSA) is 96.5 Å². The third kappa shape index (κ3) is 6.83. The SMILES string of the molecule is Cc1ccccc1C(=O)N[C@@H](CC(C)C)C(=O)NNC(=O)[C@@H](C)Oc1cccc(C)c1C. The van der Waals surface area contributed by atoms with Crippen molar-refractivity contribution >= 4 is 17.7 Å². The number of nitrogens with one attached hydrogen (secondary N) is 3. The fourth-order valence-electron chi connectivity index (χ4n) is 3.17. The molecule has 172 valence electrons. The summed E-state index contributed by atoms with van der Waals surface area (Å²) in [5.74, 6) is -0.546. The van der Waals surface area contributed by atoms with Crippen molar-refractivity contribution in [1.29, 1.82) is 0 Å². The minimum absolute atomic E-state index is 0.158. The molecule has 2 atom stereocenters. The van der Waals surface area contributed by atoms with E-state index in [2.05, 4.69) is 16.2 Å². The second kappa shape index (κ2) is 11.3. The molecule has 2 aromatic carbocycles. The molecule has 32 heavy (non-hydrogen) atoms. The Morgan fingerprint density at radius 2 is 1.47 bits per heavy atom. The number of hydrazine groups is 1. The van der Waals surface area contributed by atoms with E-state index in [0.717, 1.165) is 16.7 Å². The zero-order valence-corrected chi connectivity index (χ0v) is 19.6. The van der Waals surface area contributed by atoms with Crippen LogP contribution in [0.1, 0.15) is 54.2 Å². The summed E-state index contributed by atoms with van der Waals surface area (Å²) >= 11 is 0. The largest absolute Gasteiger partial charge is 0.481 e. The van der Waals surface area contributed by atoms with E-state index in [-0.39, 0.29) is 11.8 Å². The third-order valence-electron chi connectivity index (χ3n) is 5.26. The van der Waals surface area contributed by atoms with E-state index in [4.69, 9.17) is 4.74 Å². The lowest BCUT2D eigenvalue weighted by Crippen LogP contribution is -2.54. The molecule has 0 radical (unpaired) electrons. The molecule has 0 fully saturated rings. The van der Waals surface area contributed by atoms with Gasteiger partial charge in [0.1, 0.15) is 11.8 Å². The molecule has 0 aliphatic heterocycles. The highest BCUT2D eigenvalue weighted by atomic mass is 16.5. The quantitative estimate of drug-likeness (QED) is 0.550. The molecule has 0 bridgehead atoms. The van der Waals surface area contributed by atoms with Crippen molar-refractivity contribution in [3.63, 3.8) is 0 Å². The van der Waals surface area contributed by atoms with E-state index in [0.29, 0.717) is 17.7 Å². The Balaban J connectivity index is 1.98. The van der Waals surface area contributed by atoms with Gasteiger partial charge in [0.2, 0.25) is 0 Å². The smallest absolute Gasteiger partial charge is 0.279 e. The molecule has 3 N–H and O–H groups in total. The van der Waals surface area contributed by atoms with Crippen molar-refractivity contribution in [2.45, 2.75) is 60.1 Å². The highest BCUT2D eigenvalue weighted by Gasteiger charge is 2.24. The lowest BCUT2D eigenvalue weighted by Gasteiger charge is -2.22. The third-order valence-corrected chi connectivity index (χ3v) is 5.26.